The van der Waals surface area contributed by atoms with Crippen molar-refractivity contribution in [2.24, 2.45) is 0 Å². The molecule has 2 heterocycles. The van der Waals surface area contributed by atoms with Crippen molar-refractivity contribution in [1.29, 1.82) is 0 Å². The summed E-state index contributed by atoms with van der Waals surface area (Å²) < 4.78 is 18.7. The van der Waals surface area contributed by atoms with Crippen molar-refractivity contribution in [2.75, 3.05) is 32.1 Å². The maximum absolute atomic E-state index is 13.5. The monoisotopic (exact) mass is 447 g/mol. The van der Waals surface area contributed by atoms with Crippen molar-refractivity contribution >= 4 is 11.6 Å². The average molecular weight is 448 g/mol. The van der Waals surface area contributed by atoms with E-state index in [2.05, 4.69) is 18.2 Å². The van der Waals surface area contributed by atoms with E-state index in [0.29, 0.717) is 13.0 Å². The highest BCUT2D eigenvalue weighted by molar-refractivity contribution is 5.77. The first kappa shape index (κ1) is 22.8. The summed E-state index contributed by atoms with van der Waals surface area (Å²) in [5.41, 5.74) is 4.05. The van der Waals surface area contributed by atoms with Gasteiger partial charge >= 0.3 is 0 Å². The number of benzene rings is 2. The van der Waals surface area contributed by atoms with Gasteiger partial charge in [0, 0.05) is 38.4 Å². The molecule has 1 aromatic heterocycles. The van der Waals surface area contributed by atoms with Gasteiger partial charge in [0.25, 0.3) is 0 Å². The molecule has 1 saturated heterocycles. The molecule has 1 aliphatic heterocycles. The van der Waals surface area contributed by atoms with Gasteiger partial charge < -0.3 is 14.5 Å². The molecule has 0 saturated carbocycles. The third-order valence-corrected chi connectivity index (χ3v) is 6.24. The van der Waals surface area contributed by atoms with Crippen LogP contribution in [0.2, 0.25) is 0 Å². The lowest BCUT2D eigenvalue weighted by Gasteiger charge is -2.26. The Morgan fingerprint density at radius 1 is 1.15 bits per heavy atom. The van der Waals surface area contributed by atoms with E-state index in [1.807, 2.05) is 47.3 Å². The molecule has 1 amide bonds. The summed E-state index contributed by atoms with van der Waals surface area (Å²) in [4.78, 5) is 21.5. The van der Waals surface area contributed by atoms with Gasteiger partial charge in [-0.15, -0.1) is 0 Å². The summed E-state index contributed by atoms with van der Waals surface area (Å²) in [6.45, 7) is 1.29. The highest BCUT2D eigenvalue weighted by Crippen LogP contribution is 2.31. The summed E-state index contributed by atoms with van der Waals surface area (Å²) >= 11 is 0. The molecular formula is C27H30FN3O2. The van der Waals surface area contributed by atoms with E-state index < -0.39 is 0 Å². The van der Waals surface area contributed by atoms with Crippen LogP contribution in [0.4, 0.5) is 10.1 Å². The van der Waals surface area contributed by atoms with E-state index >= 15 is 0 Å². The van der Waals surface area contributed by atoms with Crippen LogP contribution in [0.1, 0.15) is 42.1 Å². The van der Waals surface area contributed by atoms with Gasteiger partial charge in [0.05, 0.1) is 18.8 Å². The fourth-order valence-electron chi connectivity index (χ4n) is 4.34. The smallest absolute Gasteiger partial charge is 0.224 e. The van der Waals surface area contributed by atoms with E-state index in [9.17, 15) is 9.18 Å². The number of hydrogen-bond acceptors (Lipinski definition) is 4. The van der Waals surface area contributed by atoms with Gasteiger partial charge in [0.1, 0.15) is 11.6 Å². The first-order valence-corrected chi connectivity index (χ1v) is 11.4. The zero-order chi connectivity index (χ0) is 23.2. The van der Waals surface area contributed by atoms with Crippen molar-refractivity contribution in [3.8, 4) is 5.75 Å². The van der Waals surface area contributed by atoms with E-state index in [1.54, 1.807) is 13.2 Å². The number of aromatic nitrogens is 1. The topological polar surface area (TPSA) is 45.7 Å². The number of hydrogen-bond donors (Lipinski definition) is 0. The first-order chi connectivity index (χ1) is 16.0. The van der Waals surface area contributed by atoms with Crippen LogP contribution in [-0.2, 0) is 11.2 Å². The number of ether oxygens (including phenoxy) is 1. The third-order valence-electron chi connectivity index (χ3n) is 6.24. The Bertz CT molecular complexity index is 1070. The SMILES string of the molecule is COc1ccc(Cc2ccc([C@@H]3CCCN3C(=O)CCN(C)c3cccc(F)c3)nc2)cc1. The fourth-order valence-corrected chi connectivity index (χ4v) is 4.34. The molecule has 5 nitrogen and oxygen atoms in total. The van der Waals surface area contributed by atoms with E-state index in [4.69, 9.17) is 9.72 Å². The third kappa shape index (κ3) is 5.69. The lowest BCUT2D eigenvalue weighted by Crippen LogP contribution is -2.33. The number of carbonyl (C=O) groups excluding carboxylic acids is 1. The van der Waals surface area contributed by atoms with Gasteiger partial charge in [-0.2, -0.15) is 0 Å². The van der Waals surface area contributed by atoms with Crippen molar-refractivity contribution in [1.82, 2.24) is 9.88 Å². The molecular weight excluding hydrogens is 417 g/mol. The zero-order valence-corrected chi connectivity index (χ0v) is 19.2. The standard InChI is InChI=1S/C27H30FN3O2/c1-30(23-6-3-5-22(28)18-23)16-14-27(32)31-15-4-7-26(31)25-13-10-21(19-29-25)17-20-8-11-24(33-2)12-9-20/h3,5-6,8-13,18-19,26H,4,7,14-17H2,1-2H3/t26-/m0/s1. The maximum Gasteiger partial charge on any atom is 0.224 e. The lowest BCUT2D eigenvalue weighted by atomic mass is 10.0. The van der Waals surface area contributed by atoms with Crippen molar-refractivity contribution < 1.29 is 13.9 Å². The fraction of sp³-hybridized carbons (Fsp3) is 0.333. The molecule has 172 valence electrons. The molecule has 1 fully saturated rings. The quantitative estimate of drug-likeness (QED) is 0.487. The molecule has 33 heavy (non-hydrogen) atoms. The van der Waals surface area contributed by atoms with Crippen molar-refractivity contribution in [3.63, 3.8) is 0 Å². The number of anilines is 1. The molecule has 6 heteroatoms. The molecule has 4 rings (SSSR count). The predicted octanol–water partition coefficient (Wildman–Crippen LogP) is 5.01. The molecule has 1 aliphatic rings. The minimum atomic E-state index is -0.271. The van der Waals surface area contributed by atoms with Crippen LogP contribution >= 0.6 is 0 Å². The Hall–Kier alpha value is -3.41. The number of likely N-dealkylation sites (tertiary alicyclic amines) is 1. The highest BCUT2D eigenvalue weighted by atomic mass is 19.1. The van der Waals surface area contributed by atoms with Crippen LogP contribution in [-0.4, -0.2) is 43.0 Å². The van der Waals surface area contributed by atoms with Crippen molar-refractivity contribution in [3.05, 3.63) is 89.5 Å². The number of halogens is 1. The van der Waals surface area contributed by atoms with Crippen LogP contribution in [0.5, 0.6) is 5.75 Å². The minimum absolute atomic E-state index is 0.0204. The Balaban J connectivity index is 1.35. The van der Waals surface area contributed by atoms with Gasteiger partial charge in [-0.25, -0.2) is 4.39 Å². The summed E-state index contributed by atoms with van der Waals surface area (Å²) in [5.74, 6) is 0.692. The molecule has 0 unspecified atom stereocenters. The summed E-state index contributed by atoms with van der Waals surface area (Å²) in [6.07, 6.45) is 5.01. The highest BCUT2D eigenvalue weighted by Gasteiger charge is 2.30. The maximum atomic E-state index is 13.5. The second-order valence-electron chi connectivity index (χ2n) is 8.51. The van der Waals surface area contributed by atoms with Crippen molar-refractivity contribution in [2.45, 2.75) is 31.7 Å². The molecule has 0 radical (unpaired) electrons. The van der Waals surface area contributed by atoms with Gasteiger partial charge in [0.15, 0.2) is 0 Å². The van der Waals surface area contributed by atoms with Crippen LogP contribution in [0.15, 0.2) is 66.9 Å². The van der Waals surface area contributed by atoms with E-state index in [-0.39, 0.29) is 17.8 Å². The van der Waals surface area contributed by atoms with Gasteiger partial charge in [-0.05, 0) is 66.8 Å². The summed E-state index contributed by atoms with van der Waals surface area (Å²) in [5, 5.41) is 0. The largest absolute Gasteiger partial charge is 0.497 e. The molecule has 2 aromatic carbocycles. The number of rotatable bonds is 8. The summed E-state index contributed by atoms with van der Waals surface area (Å²) in [7, 11) is 3.55. The minimum Gasteiger partial charge on any atom is -0.497 e. The predicted molar refractivity (Wildman–Crippen MR) is 128 cm³/mol. The molecule has 1 atom stereocenters. The number of amides is 1. The van der Waals surface area contributed by atoms with Crippen LogP contribution < -0.4 is 9.64 Å². The number of carbonyl (C=O) groups is 1. The molecule has 0 bridgehead atoms. The summed E-state index contributed by atoms with van der Waals surface area (Å²) in [6, 6.07) is 18.7. The first-order valence-electron chi connectivity index (χ1n) is 11.4. The van der Waals surface area contributed by atoms with Gasteiger partial charge in [-0.3, -0.25) is 9.78 Å². The van der Waals surface area contributed by atoms with E-state index in [1.165, 1.54) is 17.7 Å². The average Bonchev–Trinajstić information content (AvgIpc) is 3.33. The second-order valence-corrected chi connectivity index (χ2v) is 8.51. The van der Waals surface area contributed by atoms with Gasteiger partial charge in [0.2, 0.25) is 5.91 Å². The van der Waals surface area contributed by atoms with Crippen LogP contribution in [0, 0.1) is 5.82 Å². The number of nitrogens with zero attached hydrogens (tertiary/aromatic N) is 3. The van der Waals surface area contributed by atoms with E-state index in [0.717, 1.165) is 48.5 Å². The molecule has 0 aliphatic carbocycles. The number of pyridine rings is 1. The Morgan fingerprint density at radius 3 is 2.64 bits per heavy atom. The Morgan fingerprint density at radius 2 is 1.94 bits per heavy atom. The molecule has 0 N–H and O–H groups in total. The molecule has 3 aromatic rings. The normalized spacial score (nSPS) is 15.5. The Labute approximate surface area is 194 Å². The number of methoxy groups -OCH3 is 1. The zero-order valence-electron chi connectivity index (χ0n) is 19.2. The Kier molecular flexibility index (Phi) is 7.23. The van der Waals surface area contributed by atoms with Crippen LogP contribution in [0.3, 0.4) is 0 Å². The second kappa shape index (κ2) is 10.5. The van der Waals surface area contributed by atoms with Gasteiger partial charge in [-0.1, -0.05) is 24.3 Å². The lowest BCUT2D eigenvalue weighted by molar-refractivity contribution is -0.132. The molecule has 0 spiro atoms. The van der Waals surface area contributed by atoms with Crippen LogP contribution in [0.25, 0.3) is 0 Å².